The number of nitrogens with zero attached hydrogens (tertiary/aromatic N) is 2. The monoisotopic (exact) mass is 333 g/mol. The van der Waals surface area contributed by atoms with Crippen LogP contribution >= 0.6 is 0 Å². The van der Waals surface area contributed by atoms with Gasteiger partial charge < -0.3 is 20.6 Å². The molecule has 1 fully saturated rings. The SMILES string of the molecule is CC(O)CN1CCC(CN(C)C(=O)C(C)(N)c2ccccc2)CC1. The number of carbonyl (C=O) groups is 1. The molecule has 1 aromatic rings. The Morgan fingerprint density at radius 2 is 1.96 bits per heavy atom. The van der Waals surface area contributed by atoms with Crippen LogP contribution in [-0.2, 0) is 10.3 Å². The van der Waals surface area contributed by atoms with Gasteiger partial charge in [0.05, 0.1) is 6.10 Å². The molecule has 0 radical (unpaired) electrons. The normalized spacial score (nSPS) is 20.4. The average Bonchev–Trinajstić information content (AvgIpc) is 2.56. The molecule has 2 atom stereocenters. The van der Waals surface area contributed by atoms with Gasteiger partial charge in [0.15, 0.2) is 0 Å². The summed E-state index contributed by atoms with van der Waals surface area (Å²) in [7, 11) is 1.85. The van der Waals surface area contributed by atoms with E-state index in [4.69, 9.17) is 5.73 Å². The number of amides is 1. The average molecular weight is 333 g/mol. The largest absolute Gasteiger partial charge is 0.392 e. The molecule has 0 spiro atoms. The van der Waals surface area contributed by atoms with Crippen LogP contribution in [0.3, 0.4) is 0 Å². The minimum Gasteiger partial charge on any atom is -0.392 e. The van der Waals surface area contributed by atoms with Crippen LogP contribution in [0.1, 0.15) is 32.3 Å². The maximum atomic E-state index is 12.8. The number of piperidine rings is 1. The number of aliphatic hydroxyl groups is 1. The van der Waals surface area contributed by atoms with E-state index in [0.29, 0.717) is 5.92 Å². The Labute approximate surface area is 145 Å². The summed E-state index contributed by atoms with van der Waals surface area (Å²) in [6, 6.07) is 9.55. The van der Waals surface area contributed by atoms with Crippen molar-refractivity contribution in [1.82, 2.24) is 9.80 Å². The van der Waals surface area contributed by atoms with Crippen LogP contribution in [0.25, 0.3) is 0 Å². The summed E-state index contributed by atoms with van der Waals surface area (Å²) in [5.74, 6) is 0.455. The van der Waals surface area contributed by atoms with Crippen LogP contribution in [0.15, 0.2) is 30.3 Å². The molecule has 3 N–H and O–H groups in total. The Hall–Kier alpha value is -1.43. The van der Waals surface area contributed by atoms with E-state index in [1.807, 2.05) is 44.3 Å². The number of likely N-dealkylation sites (N-methyl/N-ethyl adjacent to an activating group) is 1. The van der Waals surface area contributed by atoms with Crippen molar-refractivity contribution in [1.29, 1.82) is 0 Å². The van der Waals surface area contributed by atoms with E-state index in [9.17, 15) is 9.90 Å². The van der Waals surface area contributed by atoms with Gasteiger partial charge in [-0.15, -0.1) is 0 Å². The van der Waals surface area contributed by atoms with E-state index in [-0.39, 0.29) is 12.0 Å². The highest BCUT2D eigenvalue weighted by molar-refractivity contribution is 5.86. The molecule has 24 heavy (non-hydrogen) atoms. The van der Waals surface area contributed by atoms with Gasteiger partial charge in [0.2, 0.25) is 5.91 Å². The fourth-order valence-electron chi connectivity index (χ4n) is 3.50. The van der Waals surface area contributed by atoms with E-state index in [2.05, 4.69) is 4.90 Å². The van der Waals surface area contributed by atoms with Crippen molar-refractivity contribution >= 4 is 5.91 Å². The molecule has 0 bridgehead atoms. The van der Waals surface area contributed by atoms with Crippen LogP contribution in [0.2, 0.25) is 0 Å². The van der Waals surface area contributed by atoms with E-state index >= 15 is 0 Å². The van der Waals surface area contributed by atoms with E-state index in [1.165, 1.54) is 0 Å². The Balaban J connectivity index is 1.88. The number of carbonyl (C=O) groups excluding carboxylic acids is 1. The first-order valence-corrected chi connectivity index (χ1v) is 8.81. The second kappa shape index (κ2) is 8.10. The number of β-amino-alcohol motifs (C(OH)–C–C–N with tert-alkyl or cyclic N) is 1. The molecule has 1 heterocycles. The highest BCUT2D eigenvalue weighted by atomic mass is 16.3. The van der Waals surface area contributed by atoms with Crippen molar-refractivity contribution in [3.05, 3.63) is 35.9 Å². The molecule has 2 rings (SSSR count). The molecule has 1 aliphatic heterocycles. The third-order valence-electron chi connectivity index (χ3n) is 4.93. The van der Waals surface area contributed by atoms with Gasteiger partial charge in [-0.2, -0.15) is 0 Å². The lowest BCUT2D eigenvalue weighted by Crippen LogP contribution is -2.51. The first-order valence-electron chi connectivity index (χ1n) is 8.81. The number of aliphatic hydroxyl groups excluding tert-OH is 1. The molecule has 134 valence electrons. The molecular weight excluding hydrogens is 302 g/mol. The summed E-state index contributed by atoms with van der Waals surface area (Å²) in [6.45, 7) is 7.04. The number of benzene rings is 1. The van der Waals surface area contributed by atoms with Gasteiger partial charge in [-0.3, -0.25) is 4.79 Å². The van der Waals surface area contributed by atoms with Crippen molar-refractivity contribution < 1.29 is 9.90 Å². The minimum atomic E-state index is -0.997. The van der Waals surface area contributed by atoms with Gasteiger partial charge in [0.25, 0.3) is 0 Å². The van der Waals surface area contributed by atoms with Crippen molar-refractivity contribution in [3.63, 3.8) is 0 Å². The fraction of sp³-hybridized carbons (Fsp3) is 0.632. The smallest absolute Gasteiger partial charge is 0.246 e. The highest BCUT2D eigenvalue weighted by Crippen LogP contribution is 2.23. The lowest BCUT2D eigenvalue weighted by Gasteiger charge is -2.36. The molecule has 1 saturated heterocycles. The van der Waals surface area contributed by atoms with Gasteiger partial charge in [-0.25, -0.2) is 0 Å². The van der Waals surface area contributed by atoms with Crippen molar-refractivity contribution in [2.45, 2.75) is 38.3 Å². The Morgan fingerprint density at radius 1 is 1.38 bits per heavy atom. The number of rotatable bonds is 6. The maximum absolute atomic E-state index is 12.8. The van der Waals surface area contributed by atoms with E-state index in [1.54, 1.807) is 11.8 Å². The van der Waals surface area contributed by atoms with E-state index in [0.717, 1.165) is 44.6 Å². The molecule has 1 aromatic carbocycles. The van der Waals surface area contributed by atoms with Crippen molar-refractivity contribution in [2.75, 3.05) is 33.2 Å². The van der Waals surface area contributed by atoms with Gasteiger partial charge in [0.1, 0.15) is 5.54 Å². The first-order chi connectivity index (χ1) is 11.3. The summed E-state index contributed by atoms with van der Waals surface area (Å²) in [5, 5.41) is 9.48. The molecule has 0 saturated carbocycles. The summed E-state index contributed by atoms with van der Waals surface area (Å²) in [5.41, 5.74) is 6.18. The van der Waals surface area contributed by atoms with Crippen LogP contribution < -0.4 is 5.73 Å². The predicted octanol–water partition coefficient (Wildman–Crippen LogP) is 1.41. The van der Waals surface area contributed by atoms with E-state index < -0.39 is 5.54 Å². The molecule has 5 nitrogen and oxygen atoms in total. The maximum Gasteiger partial charge on any atom is 0.246 e. The van der Waals surface area contributed by atoms with Crippen LogP contribution in [0.4, 0.5) is 0 Å². The zero-order valence-electron chi connectivity index (χ0n) is 15.1. The van der Waals surface area contributed by atoms with Crippen LogP contribution in [0, 0.1) is 5.92 Å². The van der Waals surface area contributed by atoms with Crippen LogP contribution in [-0.4, -0.2) is 60.1 Å². The summed E-state index contributed by atoms with van der Waals surface area (Å²) >= 11 is 0. The Morgan fingerprint density at radius 3 is 2.50 bits per heavy atom. The molecule has 0 aromatic heterocycles. The Bertz CT molecular complexity index is 523. The second-order valence-electron chi connectivity index (χ2n) is 7.35. The zero-order valence-corrected chi connectivity index (χ0v) is 15.1. The molecule has 1 aliphatic rings. The molecule has 2 unspecified atom stereocenters. The lowest BCUT2D eigenvalue weighted by molar-refractivity contribution is -0.136. The van der Waals surface area contributed by atoms with Crippen molar-refractivity contribution in [2.24, 2.45) is 11.7 Å². The molecule has 5 heteroatoms. The van der Waals surface area contributed by atoms with Gasteiger partial charge in [-0.05, 0) is 51.3 Å². The molecular formula is C19H31N3O2. The quantitative estimate of drug-likeness (QED) is 0.826. The van der Waals surface area contributed by atoms with Gasteiger partial charge in [-0.1, -0.05) is 30.3 Å². The highest BCUT2D eigenvalue weighted by Gasteiger charge is 2.34. The lowest BCUT2D eigenvalue weighted by atomic mass is 9.90. The Kier molecular flexibility index (Phi) is 6.38. The third-order valence-corrected chi connectivity index (χ3v) is 4.93. The summed E-state index contributed by atoms with van der Waals surface area (Å²) < 4.78 is 0. The minimum absolute atomic E-state index is 0.0416. The first kappa shape index (κ1) is 18.9. The summed E-state index contributed by atoms with van der Waals surface area (Å²) in [6.07, 6.45) is 1.82. The standard InChI is InChI=1S/C19H31N3O2/c1-15(23)13-22-11-9-16(10-12-22)14-21(3)18(24)19(2,20)17-7-5-4-6-8-17/h4-8,15-16,23H,9-14,20H2,1-3H3. The predicted molar refractivity (Wildman–Crippen MR) is 96.5 cm³/mol. The zero-order chi connectivity index (χ0) is 17.7. The van der Waals surface area contributed by atoms with Gasteiger partial charge in [0, 0.05) is 20.1 Å². The van der Waals surface area contributed by atoms with Gasteiger partial charge >= 0.3 is 0 Å². The second-order valence-corrected chi connectivity index (χ2v) is 7.35. The topological polar surface area (TPSA) is 69.8 Å². The fourth-order valence-corrected chi connectivity index (χ4v) is 3.50. The molecule has 1 amide bonds. The number of hydrogen-bond acceptors (Lipinski definition) is 4. The van der Waals surface area contributed by atoms with Crippen LogP contribution in [0.5, 0.6) is 0 Å². The summed E-state index contributed by atoms with van der Waals surface area (Å²) in [4.78, 5) is 16.9. The third kappa shape index (κ3) is 4.79. The number of nitrogens with two attached hydrogens (primary N) is 1. The van der Waals surface area contributed by atoms with Crippen molar-refractivity contribution in [3.8, 4) is 0 Å². The number of likely N-dealkylation sites (tertiary alicyclic amines) is 1. The number of hydrogen-bond donors (Lipinski definition) is 2. The molecule has 0 aliphatic carbocycles.